The predicted octanol–water partition coefficient (Wildman–Crippen LogP) is 5.82. The first-order valence-electron chi connectivity index (χ1n) is 8.53. The fourth-order valence-corrected chi connectivity index (χ4v) is 2.51. The highest BCUT2D eigenvalue weighted by Crippen LogP contribution is 2.30. The van der Waals surface area contributed by atoms with Crippen molar-refractivity contribution in [2.24, 2.45) is 0 Å². The third kappa shape index (κ3) is 5.58. The number of unbranched alkanes of at least 4 members (excludes halogenated alkanes) is 1. The van der Waals surface area contributed by atoms with E-state index in [9.17, 15) is 18.4 Å². The smallest absolute Gasteiger partial charge is 0.406 e. The van der Waals surface area contributed by atoms with Crippen molar-refractivity contribution in [1.29, 1.82) is 10.7 Å². The molecule has 0 aliphatic heterocycles. The Hall–Kier alpha value is -3.34. The van der Waals surface area contributed by atoms with Crippen LogP contribution in [0.1, 0.15) is 37.8 Å². The van der Waals surface area contributed by atoms with Crippen LogP contribution >= 0.6 is 0 Å². The molecule has 8 heteroatoms. The summed E-state index contributed by atoms with van der Waals surface area (Å²) < 4.78 is 40.7. The van der Waals surface area contributed by atoms with Crippen molar-refractivity contribution >= 4 is 22.8 Å². The van der Waals surface area contributed by atoms with E-state index in [-0.39, 0.29) is 11.5 Å². The minimum atomic E-state index is -4.76. The maximum absolute atomic E-state index is 12.3. The number of aromatic nitrogens is 1. The van der Waals surface area contributed by atoms with E-state index in [1.54, 1.807) is 19.1 Å². The second-order valence-electron chi connectivity index (χ2n) is 5.92. The summed E-state index contributed by atoms with van der Waals surface area (Å²) in [6.07, 6.45) is 0.0836. The summed E-state index contributed by atoms with van der Waals surface area (Å²) in [7, 11) is 0. The molecule has 146 valence electrons. The van der Waals surface area contributed by atoms with E-state index < -0.39 is 6.36 Å². The molecule has 0 radical (unpaired) electrons. The van der Waals surface area contributed by atoms with Gasteiger partial charge in [0.1, 0.15) is 11.6 Å². The SMILES string of the molecule is CCC/C=C(/C#N)c1c(C(C)=N)ccnc1Nc1ccc(OC(F)(F)F)cc1. The molecule has 0 aliphatic carbocycles. The zero-order valence-corrected chi connectivity index (χ0v) is 15.4. The Morgan fingerprint density at radius 1 is 1.29 bits per heavy atom. The number of nitrogens with one attached hydrogen (secondary N) is 2. The Morgan fingerprint density at radius 2 is 1.96 bits per heavy atom. The zero-order chi connectivity index (χ0) is 20.7. The number of alkyl halides is 3. The predicted molar refractivity (Wildman–Crippen MR) is 102 cm³/mol. The van der Waals surface area contributed by atoms with E-state index in [2.05, 4.69) is 21.1 Å². The van der Waals surface area contributed by atoms with E-state index in [1.165, 1.54) is 30.5 Å². The van der Waals surface area contributed by atoms with Crippen LogP contribution in [0.25, 0.3) is 5.57 Å². The molecule has 2 aromatic rings. The van der Waals surface area contributed by atoms with E-state index in [1.807, 2.05) is 6.92 Å². The van der Waals surface area contributed by atoms with Gasteiger partial charge in [-0.2, -0.15) is 5.26 Å². The van der Waals surface area contributed by atoms with E-state index in [0.717, 1.165) is 6.42 Å². The number of allylic oxidation sites excluding steroid dienone is 2. The van der Waals surface area contributed by atoms with Crippen LogP contribution in [0.4, 0.5) is 24.7 Å². The van der Waals surface area contributed by atoms with Crippen LogP contribution in [-0.4, -0.2) is 17.1 Å². The van der Waals surface area contributed by atoms with Crippen LogP contribution < -0.4 is 10.1 Å². The van der Waals surface area contributed by atoms with Gasteiger partial charge >= 0.3 is 6.36 Å². The van der Waals surface area contributed by atoms with Crippen molar-refractivity contribution in [3.8, 4) is 11.8 Å². The molecule has 0 aliphatic rings. The lowest BCUT2D eigenvalue weighted by Gasteiger charge is -2.15. The zero-order valence-electron chi connectivity index (χ0n) is 15.4. The molecule has 0 saturated carbocycles. The molecular weight excluding hydrogens is 369 g/mol. The standard InChI is InChI=1S/C20H19F3N4O/c1-3-4-5-14(12-24)18-17(13(2)25)10-11-26-19(18)27-15-6-8-16(9-7-15)28-20(21,22)23/h5-11,25H,3-4H2,1-2H3,(H,26,27)/b14-5-,25-13?. The Morgan fingerprint density at radius 3 is 2.50 bits per heavy atom. The van der Waals surface area contributed by atoms with Gasteiger partial charge in [-0.1, -0.05) is 19.4 Å². The van der Waals surface area contributed by atoms with Gasteiger partial charge in [-0.25, -0.2) is 4.98 Å². The molecule has 0 fully saturated rings. The van der Waals surface area contributed by atoms with Crippen molar-refractivity contribution in [2.75, 3.05) is 5.32 Å². The molecule has 1 aromatic carbocycles. The normalized spacial score (nSPS) is 11.6. The lowest BCUT2D eigenvalue weighted by molar-refractivity contribution is -0.274. The molecule has 5 nitrogen and oxygen atoms in total. The first kappa shape index (κ1) is 21.0. The number of benzene rings is 1. The van der Waals surface area contributed by atoms with Gasteiger partial charge in [0, 0.05) is 28.7 Å². The van der Waals surface area contributed by atoms with Crippen LogP contribution in [-0.2, 0) is 0 Å². The average Bonchev–Trinajstić information content (AvgIpc) is 2.63. The molecule has 0 unspecified atom stereocenters. The Kier molecular flexibility index (Phi) is 6.77. The van der Waals surface area contributed by atoms with Gasteiger partial charge in [0.2, 0.25) is 0 Å². The van der Waals surface area contributed by atoms with Crippen molar-refractivity contribution in [3.63, 3.8) is 0 Å². The van der Waals surface area contributed by atoms with Crippen LogP contribution in [0.2, 0.25) is 0 Å². The maximum atomic E-state index is 12.3. The molecule has 2 N–H and O–H groups in total. The summed E-state index contributed by atoms with van der Waals surface area (Å²) in [5.41, 5.74) is 2.17. The van der Waals surface area contributed by atoms with Crippen molar-refractivity contribution in [3.05, 3.63) is 53.7 Å². The minimum absolute atomic E-state index is 0.270. The number of hydrogen-bond donors (Lipinski definition) is 2. The van der Waals surface area contributed by atoms with Gasteiger partial charge in [0.25, 0.3) is 0 Å². The third-order valence-corrected chi connectivity index (χ3v) is 3.73. The van der Waals surface area contributed by atoms with Crippen molar-refractivity contribution < 1.29 is 17.9 Å². The first-order valence-corrected chi connectivity index (χ1v) is 8.53. The highest BCUT2D eigenvalue weighted by atomic mass is 19.4. The van der Waals surface area contributed by atoms with Crippen molar-refractivity contribution in [2.45, 2.75) is 33.1 Å². The largest absolute Gasteiger partial charge is 0.573 e. The van der Waals surface area contributed by atoms with Crippen molar-refractivity contribution in [1.82, 2.24) is 4.98 Å². The molecule has 0 bridgehead atoms. The van der Waals surface area contributed by atoms with Gasteiger partial charge in [0.05, 0.1) is 11.6 Å². The molecule has 1 heterocycles. The van der Waals surface area contributed by atoms with Crippen LogP contribution in [0.5, 0.6) is 5.75 Å². The maximum Gasteiger partial charge on any atom is 0.573 e. The number of pyridine rings is 1. The Labute approximate surface area is 161 Å². The summed E-state index contributed by atoms with van der Waals surface area (Å²) >= 11 is 0. The van der Waals surface area contributed by atoms with Crippen LogP contribution in [0, 0.1) is 16.7 Å². The highest BCUT2D eigenvalue weighted by molar-refractivity contribution is 6.04. The van der Waals surface area contributed by atoms with Crippen LogP contribution in [0.3, 0.4) is 0 Å². The molecule has 28 heavy (non-hydrogen) atoms. The second-order valence-corrected chi connectivity index (χ2v) is 5.92. The van der Waals surface area contributed by atoms with Gasteiger partial charge < -0.3 is 15.5 Å². The number of nitrogens with zero attached hydrogens (tertiary/aromatic N) is 2. The fraction of sp³-hybridized carbons (Fsp3) is 0.250. The van der Waals surface area contributed by atoms with E-state index >= 15 is 0 Å². The number of rotatable bonds is 7. The summed E-state index contributed by atoms with van der Waals surface area (Å²) in [5.74, 6) is 0.00775. The second kappa shape index (κ2) is 9.04. The molecule has 2 rings (SSSR count). The van der Waals surface area contributed by atoms with Gasteiger partial charge in [-0.15, -0.1) is 13.2 Å². The number of anilines is 2. The van der Waals surface area contributed by atoms with Gasteiger partial charge in [0.15, 0.2) is 0 Å². The molecule has 0 atom stereocenters. The summed E-state index contributed by atoms with van der Waals surface area (Å²) in [6.45, 7) is 3.60. The molecule has 0 saturated heterocycles. The Balaban J connectivity index is 2.42. The van der Waals surface area contributed by atoms with Gasteiger partial charge in [-0.3, -0.25) is 0 Å². The molecule has 1 aromatic heterocycles. The number of hydrogen-bond acceptors (Lipinski definition) is 5. The fourth-order valence-electron chi connectivity index (χ4n) is 2.51. The summed E-state index contributed by atoms with van der Waals surface area (Å²) in [6, 6.07) is 8.99. The highest BCUT2D eigenvalue weighted by Gasteiger charge is 2.31. The quantitative estimate of drug-likeness (QED) is 0.463. The molecule has 0 amide bonds. The Bertz CT molecular complexity index is 913. The monoisotopic (exact) mass is 388 g/mol. The summed E-state index contributed by atoms with van der Waals surface area (Å²) in [5, 5.41) is 20.6. The van der Waals surface area contributed by atoms with E-state index in [4.69, 9.17) is 5.41 Å². The topological polar surface area (TPSA) is 81.8 Å². The summed E-state index contributed by atoms with van der Waals surface area (Å²) in [4.78, 5) is 4.26. The number of ether oxygens (including phenoxy) is 1. The minimum Gasteiger partial charge on any atom is -0.406 e. The number of halogens is 3. The van der Waals surface area contributed by atoms with Crippen LogP contribution in [0.15, 0.2) is 42.6 Å². The molecular formula is C20H19F3N4O. The lowest BCUT2D eigenvalue weighted by atomic mass is 9.97. The lowest BCUT2D eigenvalue weighted by Crippen LogP contribution is -2.17. The van der Waals surface area contributed by atoms with Gasteiger partial charge in [-0.05, 0) is 43.7 Å². The average molecular weight is 388 g/mol. The molecule has 0 spiro atoms. The van der Waals surface area contributed by atoms with E-state index in [0.29, 0.717) is 34.6 Å². The third-order valence-electron chi connectivity index (χ3n) is 3.73. The first-order chi connectivity index (χ1) is 13.2. The number of nitriles is 1.